The normalized spacial score (nSPS) is 15.1. The number of anilines is 5. The third-order valence-corrected chi connectivity index (χ3v) is 14.1. The molecule has 1 aliphatic carbocycles. The van der Waals surface area contributed by atoms with E-state index in [9.17, 15) is 0 Å². The zero-order chi connectivity index (χ0) is 39.8. The van der Waals surface area contributed by atoms with Crippen molar-refractivity contribution in [3.8, 4) is 11.1 Å². The van der Waals surface area contributed by atoms with Crippen molar-refractivity contribution in [1.29, 1.82) is 0 Å². The van der Waals surface area contributed by atoms with Gasteiger partial charge in [0.1, 0.15) is 0 Å². The highest BCUT2D eigenvalue weighted by molar-refractivity contribution is 7.99. The highest BCUT2D eigenvalue weighted by Gasteiger charge is 2.27. The van der Waals surface area contributed by atoms with Crippen LogP contribution in [0.15, 0.2) is 179 Å². The molecule has 1 aromatic heterocycles. The zero-order valence-electron chi connectivity index (χ0n) is 34.1. The maximum Gasteiger partial charge on any atom is 0.0560 e. The van der Waals surface area contributed by atoms with Gasteiger partial charge in [0.25, 0.3) is 0 Å². The highest BCUT2D eigenvalue weighted by Crippen LogP contribution is 2.53. The minimum atomic E-state index is 0.0959. The molecule has 0 radical (unpaired) electrons. The van der Waals surface area contributed by atoms with Crippen LogP contribution in [0.25, 0.3) is 42.1 Å². The van der Waals surface area contributed by atoms with Crippen molar-refractivity contribution in [3.63, 3.8) is 0 Å². The Kier molecular flexibility index (Phi) is 8.92. The molecular weight excluding hydrogens is 741 g/mol. The van der Waals surface area contributed by atoms with Crippen LogP contribution in [0.3, 0.4) is 0 Å². The third-order valence-electron chi connectivity index (χ3n) is 11.9. The van der Waals surface area contributed by atoms with Crippen LogP contribution in [0.4, 0.5) is 28.4 Å². The van der Waals surface area contributed by atoms with E-state index in [0.29, 0.717) is 0 Å². The summed E-state index contributed by atoms with van der Waals surface area (Å²) in [6.07, 6.45) is 8.16. The van der Waals surface area contributed by atoms with Gasteiger partial charge in [-0.3, -0.25) is 0 Å². The van der Waals surface area contributed by atoms with Crippen LogP contribution in [0.1, 0.15) is 53.5 Å². The molecule has 0 saturated heterocycles. The van der Waals surface area contributed by atoms with Gasteiger partial charge < -0.3 is 9.80 Å². The molecule has 1 aliphatic heterocycles. The number of para-hydroxylation sites is 2. The lowest BCUT2D eigenvalue weighted by atomic mass is 9.82. The molecule has 2 aliphatic rings. The van der Waals surface area contributed by atoms with Crippen LogP contribution in [0.2, 0.25) is 0 Å². The van der Waals surface area contributed by atoms with E-state index >= 15 is 0 Å². The topological polar surface area (TPSA) is 6.48 Å². The lowest BCUT2D eigenvalue weighted by Gasteiger charge is -2.34. The molecule has 58 heavy (non-hydrogen) atoms. The lowest BCUT2D eigenvalue weighted by molar-refractivity contribution is 0.510. The summed E-state index contributed by atoms with van der Waals surface area (Å²) in [5.74, 6) is 0. The second kappa shape index (κ2) is 14.1. The van der Waals surface area contributed by atoms with Crippen molar-refractivity contribution < 1.29 is 0 Å². The van der Waals surface area contributed by atoms with E-state index in [1.165, 1.54) is 74.4 Å². The number of nitrogens with zero attached hydrogens (tertiary/aromatic N) is 2. The molecule has 0 spiro atoms. The fourth-order valence-corrected chi connectivity index (χ4v) is 11.2. The van der Waals surface area contributed by atoms with E-state index in [2.05, 4.69) is 215 Å². The van der Waals surface area contributed by atoms with Gasteiger partial charge in [-0.2, -0.15) is 0 Å². The Morgan fingerprint density at radius 1 is 0.517 bits per heavy atom. The SMILES string of the molecule is CC(C)(C)C1=CCC(N(c2ccccc2)c2ccc3c(c2)sc2cc4c5c(cccc5c23)Sc2cc(N(c3ccccc3)c3ccc(C(C)(C)C)cc3)ccc2-4)C=C1. The Morgan fingerprint density at radius 2 is 1.21 bits per heavy atom. The first-order valence-electron chi connectivity index (χ1n) is 20.4. The van der Waals surface area contributed by atoms with Crippen molar-refractivity contribution in [3.05, 3.63) is 175 Å². The fraction of sp³-hybridized carbons (Fsp3) is 0.185. The second-order valence-corrected chi connectivity index (χ2v) is 20.0. The number of benzene rings is 7. The molecule has 7 aromatic carbocycles. The van der Waals surface area contributed by atoms with E-state index in [0.717, 1.165) is 23.5 Å². The van der Waals surface area contributed by atoms with Gasteiger partial charge >= 0.3 is 0 Å². The lowest BCUT2D eigenvalue weighted by Crippen LogP contribution is -2.30. The quantitative estimate of drug-likeness (QED) is 0.166. The molecule has 8 aromatic rings. The first-order chi connectivity index (χ1) is 28.0. The first kappa shape index (κ1) is 36.8. The standard InChI is InChI=1S/C54H48N2S2/c1-53(2,3)35-20-24-39(25-21-35)55(37-14-9-7-10-15-37)41-28-30-43-46-34-50-51(45-18-13-19-47(52(45)46)57-48(43)32-41)44-31-29-42(33-49(44)58-50)56(38-16-11-8-12-17-38)40-26-22-36(23-27-40)54(4,5)6/h7-26,28-34,40H,27H2,1-6H3. The van der Waals surface area contributed by atoms with Crippen LogP contribution in [-0.2, 0) is 5.41 Å². The maximum atomic E-state index is 2.52. The van der Waals surface area contributed by atoms with Crippen LogP contribution < -0.4 is 9.80 Å². The van der Waals surface area contributed by atoms with Crippen LogP contribution in [0, 0.1) is 5.41 Å². The molecule has 0 saturated carbocycles. The Balaban J connectivity index is 1.07. The minimum absolute atomic E-state index is 0.0959. The molecular formula is C54H48N2S2. The van der Waals surface area contributed by atoms with Gasteiger partial charge in [0, 0.05) is 63.8 Å². The fourth-order valence-electron chi connectivity index (χ4n) is 8.84. The van der Waals surface area contributed by atoms with Gasteiger partial charge in [-0.25, -0.2) is 0 Å². The Morgan fingerprint density at radius 3 is 1.90 bits per heavy atom. The Labute approximate surface area is 351 Å². The van der Waals surface area contributed by atoms with Crippen molar-refractivity contribution in [2.75, 3.05) is 9.80 Å². The van der Waals surface area contributed by atoms with Crippen molar-refractivity contribution in [1.82, 2.24) is 0 Å². The summed E-state index contributed by atoms with van der Waals surface area (Å²) in [6.45, 7) is 13.7. The molecule has 1 unspecified atom stereocenters. The van der Waals surface area contributed by atoms with Gasteiger partial charge in [0.2, 0.25) is 0 Å². The average Bonchev–Trinajstić information content (AvgIpc) is 3.60. The van der Waals surface area contributed by atoms with E-state index in [4.69, 9.17) is 0 Å². The van der Waals surface area contributed by atoms with Gasteiger partial charge in [0.15, 0.2) is 0 Å². The summed E-state index contributed by atoms with van der Waals surface area (Å²) in [5.41, 5.74) is 11.5. The number of thiophene rings is 1. The van der Waals surface area contributed by atoms with E-state index < -0.39 is 0 Å². The van der Waals surface area contributed by atoms with Crippen LogP contribution in [-0.4, -0.2) is 6.04 Å². The summed E-state index contributed by atoms with van der Waals surface area (Å²) in [6, 6.07) is 54.5. The molecule has 10 rings (SSSR count). The molecule has 2 heterocycles. The number of hydrogen-bond donors (Lipinski definition) is 0. The largest absolute Gasteiger partial charge is 0.334 e. The maximum absolute atomic E-state index is 2.52. The monoisotopic (exact) mass is 788 g/mol. The van der Waals surface area contributed by atoms with Crippen molar-refractivity contribution >= 4 is 82.5 Å². The first-order valence-corrected chi connectivity index (χ1v) is 22.1. The molecule has 2 nitrogen and oxygen atoms in total. The molecule has 0 amide bonds. The molecule has 1 atom stereocenters. The Hall–Kier alpha value is -5.55. The summed E-state index contributed by atoms with van der Waals surface area (Å²) in [5, 5.41) is 5.40. The summed E-state index contributed by atoms with van der Waals surface area (Å²) in [4.78, 5) is 7.51. The minimum Gasteiger partial charge on any atom is -0.334 e. The molecule has 0 N–H and O–H groups in total. The third kappa shape index (κ3) is 6.44. The van der Waals surface area contributed by atoms with Gasteiger partial charge in [-0.15, -0.1) is 11.3 Å². The predicted molar refractivity (Wildman–Crippen MR) is 253 cm³/mol. The highest BCUT2D eigenvalue weighted by atomic mass is 32.2. The summed E-state index contributed by atoms with van der Waals surface area (Å²) in [7, 11) is 0. The molecule has 4 heteroatoms. The van der Waals surface area contributed by atoms with Crippen LogP contribution >= 0.6 is 23.1 Å². The van der Waals surface area contributed by atoms with E-state index in [1.54, 1.807) is 0 Å². The Bertz CT molecular complexity index is 2910. The smallest absolute Gasteiger partial charge is 0.0560 e. The number of hydrogen-bond acceptors (Lipinski definition) is 4. The number of rotatable bonds is 6. The summed E-state index contributed by atoms with van der Waals surface area (Å²) < 4.78 is 2.65. The summed E-state index contributed by atoms with van der Waals surface area (Å²) >= 11 is 3.82. The number of allylic oxidation sites excluding steroid dienone is 2. The van der Waals surface area contributed by atoms with Gasteiger partial charge in [-0.05, 0) is 118 Å². The van der Waals surface area contributed by atoms with Crippen molar-refractivity contribution in [2.45, 2.75) is 69.2 Å². The van der Waals surface area contributed by atoms with E-state index in [-0.39, 0.29) is 16.9 Å². The van der Waals surface area contributed by atoms with Crippen LogP contribution in [0.5, 0.6) is 0 Å². The van der Waals surface area contributed by atoms with Gasteiger partial charge in [-0.1, -0.05) is 144 Å². The molecule has 286 valence electrons. The average molecular weight is 789 g/mol. The predicted octanol–water partition coefficient (Wildman–Crippen LogP) is 16.5. The molecule has 0 bridgehead atoms. The zero-order valence-corrected chi connectivity index (χ0v) is 35.7. The van der Waals surface area contributed by atoms with Gasteiger partial charge in [0.05, 0.1) is 6.04 Å². The molecule has 0 fully saturated rings. The van der Waals surface area contributed by atoms with E-state index in [1.807, 2.05) is 23.1 Å². The van der Waals surface area contributed by atoms with Crippen molar-refractivity contribution in [2.24, 2.45) is 5.41 Å². The second-order valence-electron chi connectivity index (χ2n) is 17.8. The number of fused-ring (bicyclic) bond motifs is 6.